The van der Waals surface area contributed by atoms with E-state index in [1.807, 2.05) is 4.90 Å². The van der Waals surface area contributed by atoms with Crippen molar-refractivity contribution in [3.8, 4) is 0 Å². The van der Waals surface area contributed by atoms with E-state index in [4.69, 9.17) is 0 Å². The summed E-state index contributed by atoms with van der Waals surface area (Å²) < 4.78 is 0. The van der Waals surface area contributed by atoms with Gasteiger partial charge in [-0.3, -0.25) is 9.89 Å². The molecule has 0 radical (unpaired) electrons. The molecule has 1 aromatic heterocycles. The Bertz CT molecular complexity index is 383. The molecule has 0 saturated carbocycles. The molecule has 2 N–H and O–H groups in total. The average molecular weight is 234 g/mol. The van der Waals surface area contributed by atoms with Gasteiger partial charge in [-0.15, -0.1) is 0 Å². The smallest absolute Gasteiger partial charge is 0.272 e. The molecule has 2 saturated heterocycles. The number of aromatic amines is 1. The van der Waals surface area contributed by atoms with Crippen LogP contribution in [0.1, 0.15) is 36.2 Å². The molecule has 2 atom stereocenters. The molecule has 17 heavy (non-hydrogen) atoms. The van der Waals surface area contributed by atoms with E-state index in [1.165, 1.54) is 12.8 Å². The zero-order valence-corrected chi connectivity index (χ0v) is 9.85. The van der Waals surface area contributed by atoms with E-state index in [2.05, 4.69) is 15.5 Å². The number of hydrogen-bond acceptors (Lipinski definition) is 3. The lowest BCUT2D eigenvalue weighted by Crippen LogP contribution is -2.46. The number of nitrogens with zero attached hydrogens (tertiary/aromatic N) is 2. The third-order valence-corrected chi connectivity index (χ3v) is 3.85. The standard InChI is InChI=1S/C12H18N4O/c17-12(10-5-7-14-15-10)16-8-2-4-11(16)9-3-1-6-13-9/h5,7,9,11,13H,1-4,6,8H2,(H,14,15). The number of amides is 1. The molecule has 1 amide bonds. The number of carbonyl (C=O) groups excluding carboxylic acids is 1. The molecule has 3 heterocycles. The van der Waals surface area contributed by atoms with Gasteiger partial charge in [0.15, 0.2) is 0 Å². The third-order valence-electron chi connectivity index (χ3n) is 3.85. The van der Waals surface area contributed by atoms with Crippen LogP contribution in [0.5, 0.6) is 0 Å². The Hall–Kier alpha value is -1.36. The SMILES string of the molecule is O=C(c1ccn[nH]1)N1CCCC1C1CCCN1. The quantitative estimate of drug-likeness (QED) is 0.794. The van der Waals surface area contributed by atoms with Crippen molar-refractivity contribution in [3.05, 3.63) is 18.0 Å². The van der Waals surface area contributed by atoms with Crippen LogP contribution in [0.3, 0.4) is 0 Å². The molecule has 92 valence electrons. The summed E-state index contributed by atoms with van der Waals surface area (Å²) in [6, 6.07) is 2.61. The van der Waals surface area contributed by atoms with Crippen molar-refractivity contribution in [1.29, 1.82) is 0 Å². The Morgan fingerprint density at radius 2 is 2.35 bits per heavy atom. The van der Waals surface area contributed by atoms with Gasteiger partial charge in [0.05, 0.1) is 0 Å². The lowest BCUT2D eigenvalue weighted by Gasteiger charge is -2.29. The number of H-pyrrole nitrogens is 1. The maximum Gasteiger partial charge on any atom is 0.272 e. The first-order valence-electron chi connectivity index (χ1n) is 6.40. The van der Waals surface area contributed by atoms with E-state index in [9.17, 15) is 4.79 Å². The highest BCUT2D eigenvalue weighted by Crippen LogP contribution is 2.25. The molecule has 0 bridgehead atoms. The van der Waals surface area contributed by atoms with Gasteiger partial charge in [0.1, 0.15) is 5.69 Å². The topological polar surface area (TPSA) is 61.0 Å². The highest BCUT2D eigenvalue weighted by molar-refractivity contribution is 5.92. The first-order chi connectivity index (χ1) is 8.36. The molecule has 3 rings (SSSR count). The Morgan fingerprint density at radius 1 is 1.41 bits per heavy atom. The molecular formula is C12H18N4O. The molecule has 0 aliphatic carbocycles. The molecule has 2 aliphatic rings. The van der Waals surface area contributed by atoms with Gasteiger partial charge in [0, 0.05) is 24.8 Å². The van der Waals surface area contributed by atoms with Crippen molar-refractivity contribution >= 4 is 5.91 Å². The highest BCUT2D eigenvalue weighted by Gasteiger charge is 2.36. The second-order valence-corrected chi connectivity index (χ2v) is 4.88. The van der Waals surface area contributed by atoms with E-state index in [1.54, 1.807) is 12.3 Å². The molecule has 0 spiro atoms. The number of likely N-dealkylation sites (tertiary alicyclic amines) is 1. The maximum absolute atomic E-state index is 12.3. The fourth-order valence-electron chi connectivity index (χ4n) is 3.03. The van der Waals surface area contributed by atoms with Gasteiger partial charge < -0.3 is 10.2 Å². The predicted molar refractivity (Wildman–Crippen MR) is 63.7 cm³/mol. The highest BCUT2D eigenvalue weighted by atomic mass is 16.2. The molecule has 2 unspecified atom stereocenters. The monoisotopic (exact) mass is 234 g/mol. The molecule has 2 fully saturated rings. The molecule has 5 nitrogen and oxygen atoms in total. The van der Waals surface area contributed by atoms with Gasteiger partial charge in [0.25, 0.3) is 5.91 Å². The Labute approximate surface area is 101 Å². The fourth-order valence-corrected chi connectivity index (χ4v) is 3.03. The second kappa shape index (κ2) is 4.49. The van der Waals surface area contributed by atoms with Gasteiger partial charge in [-0.1, -0.05) is 0 Å². The molecule has 2 aliphatic heterocycles. The summed E-state index contributed by atoms with van der Waals surface area (Å²) in [6.45, 7) is 1.97. The Balaban J connectivity index is 1.75. The minimum Gasteiger partial charge on any atom is -0.333 e. The predicted octanol–water partition coefficient (Wildman–Crippen LogP) is 0.766. The van der Waals surface area contributed by atoms with Crippen LogP contribution in [0.15, 0.2) is 12.3 Å². The number of hydrogen-bond donors (Lipinski definition) is 2. The summed E-state index contributed by atoms with van der Waals surface area (Å²) in [7, 11) is 0. The van der Waals surface area contributed by atoms with Crippen molar-refractivity contribution in [2.75, 3.05) is 13.1 Å². The summed E-state index contributed by atoms with van der Waals surface area (Å²) in [5.74, 6) is 0.0960. The van der Waals surface area contributed by atoms with Gasteiger partial charge in [0.2, 0.25) is 0 Å². The summed E-state index contributed by atoms with van der Waals surface area (Å²) in [6.07, 6.45) is 6.29. The summed E-state index contributed by atoms with van der Waals surface area (Å²) in [4.78, 5) is 14.3. The Morgan fingerprint density at radius 3 is 3.06 bits per heavy atom. The molecule has 5 heteroatoms. The zero-order valence-electron chi connectivity index (χ0n) is 9.85. The molecule has 1 aromatic rings. The minimum absolute atomic E-state index is 0.0960. The zero-order chi connectivity index (χ0) is 11.7. The number of aromatic nitrogens is 2. The van der Waals surface area contributed by atoms with Crippen molar-refractivity contribution in [2.24, 2.45) is 0 Å². The van der Waals surface area contributed by atoms with Gasteiger partial charge in [-0.25, -0.2) is 0 Å². The number of rotatable bonds is 2. The van der Waals surface area contributed by atoms with Crippen molar-refractivity contribution in [3.63, 3.8) is 0 Å². The second-order valence-electron chi connectivity index (χ2n) is 4.88. The first-order valence-corrected chi connectivity index (χ1v) is 6.40. The summed E-state index contributed by atoms with van der Waals surface area (Å²) in [5, 5.41) is 10.1. The van der Waals surface area contributed by atoms with Crippen molar-refractivity contribution in [2.45, 2.75) is 37.8 Å². The van der Waals surface area contributed by atoms with Crippen LogP contribution in [-0.2, 0) is 0 Å². The summed E-state index contributed by atoms with van der Waals surface area (Å²) >= 11 is 0. The lowest BCUT2D eigenvalue weighted by molar-refractivity contribution is 0.0705. The Kier molecular flexibility index (Phi) is 2.84. The van der Waals surface area contributed by atoms with Crippen LogP contribution >= 0.6 is 0 Å². The molecular weight excluding hydrogens is 216 g/mol. The van der Waals surface area contributed by atoms with Gasteiger partial charge in [-0.2, -0.15) is 5.10 Å². The lowest BCUT2D eigenvalue weighted by atomic mass is 10.0. The summed E-state index contributed by atoms with van der Waals surface area (Å²) in [5.41, 5.74) is 0.606. The van der Waals surface area contributed by atoms with Crippen LogP contribution in [0.4, 0.5) is 0 Å². The molecule has 0 aromatic carbocycles. The van der Waals surface area contributed by atoms with E-state index < -0.39 is 0 Å². The number of nitrogens with one attached hydrogen (secondary N) is 2. The van der Waals surface area contributed by atoms with Crippen molar-refractivity contribution < 1.29 is 4.79 Å². The van der Waals surface area contributed by atoms with E-state index in [-0.39, 0.29) is 5.91 Å². The largest absolute Gasteiger partial charge is 0.333 e. The van der Waals surface area contributed by atoms with E-state index in [0.717, 1.165) is 25.9 Å². The maximum atomic E-state index is 12.3. The normalized spacial score (nSPS) is 28.8. The van der Waals surface area contributed by atoms with Crippen molar-refractivity contribution in [1.82, 2.24) is 20.4 Å². The van der Waals surface area contributed by atoms with Crippen LogP contribution in [-0.4, -0.2) is 46.2 Å². The van der Waals surface area contributed by atoms with Crippen LogP contribution in [0.2, 0.25) is 0 Å². The third kappa shape index (κ3) is 1.95. The van der Waals surface area contributed by atoms with E-state index in [0.29, 0.717) is 17.8 Å². The van der Waals surface area contributed by atoms with Crippen LogP contribution in [0.25, 0.3) is 0 Å². The number of carbonyl (C=O) groups is 1. The average Bonchev–Trinajstić information content (AvgIpc) is 3.09. The van der Waals surface area contributed by atoms with Crippen LogP contribution < -0.4 is 5.32 Å². The van der Waals surface area contributed by atoms with E-state index >= 15 is 0 Å². The fraction of sp³-hybridized carbons (Fsp3) is 0.667. The minimum atomic E-state index is 0.0960. The van der Waals surface area contributed by atoms with Gasteiger partial charge >= 0.3 is 0 Å². The van der Waals surface area contributed by atoms with Crippen LogP contribution in [0, 0.1) is 0 Å². The van der Waals surface area contributed by atoms with Gasteiger partial charge in [-0.05, 0) is 38.3 Å². The first kappa shape index (κ1) is 10.8.